The van der Waals surface area contributed by atoms with Crippen molar-refractivity contribution in [2.45, 2.75) is 30.6 Å². The van der Waals surface area contributed by atoms with Crippen LogP contribution >= 0.6 is 0 Å². The molecule has 0 saturated heterocycles. The van der Waals surface area contributed by atoms with Crippen LogP contribution in [0.1, 0.15) is 25.7 Å². The van der Waals surface area contributed by atoms with Crippen molar-refractivity contribution in [1.29, 1.82) is 0 Å². The molecule has 0 heterocycles. The fourth-order valence-corrected chi connectivity index (χ4v) is 4.09. The van der Waals surface area contributed by atoms with E-state index in [9.17, 15) is 8.42 Å². The maximum Gasteiger partial charge on any atom is 0.241 e. The summed E-state index contributed by atoms with van der Waals surface area (Å²) in [6.07, 6.45) is 3.84. The number of nitrogens with two attached hydrogens (primary N) is 1. The minimum absolute atomic E-state index is 0.339. The van der Waals surface area contributed by atoms with Crippen molar-refractivity contribution in [1.82, 2.24) is 4.72 Å². The third-order valence-corrected chi connectivity index (χ3v) is 5.57. The Balaban J connectivity index is 2.20. The maximum atomic E-state index is 12.7. The molecule has 0 radical (unpaired) electrons. The molecule has 2 rings (SSSR count). The molecule has 5 nitrogen and oxygen atoms in total. The van der Waals surface area contributed by atoms with Crippen LogP contribution in [0.25, 0.3) is 10.8 Å². The Labute approximate surface area is 144 Å². The molecule has 0 aliphatic rings. The summed E-state index contributed by atoms with van der Waals surface area (Å²) in [4.78, 5) is 2.33. The maximum absolute atomic E-state index is 12.7. The normalized spacial score (nSPS) is 11.8. The molecule has 2 aromatic rings. The molecule has 3 N–H and O–H groups in total. The van der Waals surface area contributed by atoms with Crippen molar-refractivity contribution in [3.63, 3.8) is 0 Å². The third kappa shape index (κ3) is 4.47. The molecule has 0 spiro atoms. The fourth-order valence-electron chi connectivity index (χ4n) is 2.80. The van der Waals surface area contributed by atoms with E-state index in [-0.39, 0.29) is 0 Å². The minimum atomic E-state index is -3.52. The van der Waals surface area contributed by atoms with E-state index in [0.717, 1.165) is 42.1 Å². The van der Waals surface area contributed by atoms with Crippen LogP contribution in [0, 0.1) is 0 Å². The van der Waals surface area contributed by atoms with Crippen molar-refractivity contribution >= 4 is 26.5 Å². The standard InChI is InChI=1S/C18H27N3O2S/c1-21(2)17-11-7-10-16-15(17)9-8-12-18(16)24(22,23)20-14-6-4-3-5-13-19/h7-12,20H,3-6,13-14,19H2,1-2H3. The topological polar surface area (TPSA) is 75.4 Å². The molecule has 2 aromatic carbocycles. The first kappa shape index (κ1) is 18.7. The molecule has 0 aliphatic carbocycles. The van der Waals surface area contributed by atoms with Crippen LogP contribution in [-0.2, 0) is 10.0 Å². The van der Waals surface area contributed by atoms with Gasteiger partial charge in [0.2, 0.25) is 10.0 Å². The zero-order chi connectivity index (χ0) is 17.6. The Hall–Kier alpha value is -1.63. The van der Waals surface area contributed by atoms with Gasteiger partial charge in [-0.05, 0) is 31.5 Å². The van der Waals surface area contributed by atoms with Gasteiger partial charge in [-0.3, -0.25) is 0 Å². The molecule has 0 unspecified atom stereocenters. The summed E-state index contributed by atoms with van der Waals surface area (Å²) in [5.74, 6) is 0. The number of hydrogen-bond donors (Lipinski definition) is 2. The van der Waals surface area contributed by atoms with Crippen LogP contribution < -0.4 is 15.4 Å². The quantitative estimate of drug-likeness (QED) is 0.683. The first-order valence-corrected chi connectivity index (χ1v) is 9.84. The Morgan fingerprint density at radius 3 is 2.33 bits per heavy atom. The monoisotopic (exact) mass is 349 g/mol. The Bertz CT molecular complexity index is 773. The zero-order valence-electron chi connectivity index (χ0n) is 14.5. The van der Waals surface area contributed by atoms with Gasteiger partial charge in [0.15, 0.2) is 0 Å². The number of nitrogens with one attached hydrogen (secondary N) is 1. The van der Waals surface area contributed by atoms with Crippen LogP contribution in [0.2, 0.25) is 0 Å². The number of anilines is 1. The van der Waals surface area contributed by atoms with Crippen LogP contribution in [0.5, 0.6) is 0 Å². The highest BCUT2D eigenvalue weighted by Gasteiger charge is 2.17. The van der Waals surface area contributed by atoms with Crippen molar-refractivity contribution in [2.24, 2.45) is 5.73 Å². The summed E-state index contributed by atoms with van der Waals surface area (Å²) in [5, 5.41) is 1.69. The van der Waals surface area contributed by atoms with Gasteiger partial charge in [-0.15, -0.1) is 0 Å². The van der Waals surface area contributed by atoms with Crippen LogP contribution in [-0.4, -0.2) is 35.6 Å². The summed E-state index contributed by atoms with van der Waals surface area (Å²) in [6.45, 7) is 1.15. The first-order valence-electron chi connectivity index (χ1n) is 8.36. The highest BCUT2D eigenvalue weighted by atomic mass is 32.2. The lowest BCUT2D eigenvalue weighted by Crippen LogP contribution is -2.25. The lowest BCUT2D eigenvalue weighted by Gasteiger charge is -2.17. The largest absolute Gasteiger partial charge is 0.377 e. The number of sulfonamides is 1. The second-order valence-corrected chi connectivity index (χ2v) is 7.86. The van der Waals surface area contributed by atoms with Gasteiger partial charge in [0.25, 0.3) is 0 Å². The molecule has 0 bridgehead atoms. The van der Waals surface area contributed by atoms with Gasteiger partial charge in [-0.2, -0.15) is 0 Å². The van der Waals surface area contributed by atoms with E-state index in [1.54, 1.807) is 12.1 Å². The second-order valence-electron chi connectivity index (χ2n) is 6.12. The molecular formula is C18H27N3O2S. The summed E-state index contributed by atoms with van der Waals surface area (Å²) in [7, 11) is 0.393. The highest BCUT2D eigenvalue weighted by molar-refractivity contribution is 7.89. The second kappa shape index (κ2) is 8.46. The van der Waals surface area contributed by atoms with Crippen LogP contribution in [0.4, 0.5) is 5.69 Å². The summed E-state index contributed by atoms with van der Waals surface area (Å²) in [6, 6.07) is 11.2. The summed E-state index contributed by atoms with van der Waals surface area (Å²) >= 11 is 0. The summed E-state index contributed by atoms with van der Waals surface area (Å²) in [5.41, 5.74) is 6.47. The first-order chi connectivity index (χ1) is 11.5. The third-order valence-electron chi connectivity index (χ3n) is 4.05. The van der Waals surface area contributed by atoms with Gasteiger partial charge in [0.1, 0.15) is 0 Å². The smallest absolute Gasteiger partial charge is 0.241 e. The van der Waals surface area contributed by atoms with E-state index in [1.165, 1.54) is 0 Å². The minimum Gasteiger partial charge on any atom is -0.377 e. The lowest BCUT2D eigenvalue weighted by atomic mass is 10.1. The van der Waals surface area contributed by atoms with E-state index >= 15 is 0 Å². The molecule has 0 atom stereocenters. The molecule has 6 heteroatoms. The van der Waals surface area contributed by atoms with E-state index in [1.807, 2.05) is 43.3 Å². The Kier molecular flexibility index (Phi) is 6.60. The lowest BCUT2D eigenvalue weighted by molar-refractivity contribution is 0.573. The van der Waals surface area contributed by atoms with Gasteiger partial charge >= 0.3 is 0 Å². The van der Waals surface area contributed by atoms with Crippen molar-refractivity contribution < 1.29 is 8.42 Å². The summed E-state index contributed by atoms with van der Waals surface area (Å²) < 4.78 is 28.1. The van der Waals surface area contributed by atoms with E-state index in [2.05, 4.69) is 4.72 Å². The predicted molar refractivity (Wildman–Crippen MR) is 101 cm³/mol. The van der Waals surface area contributed by atoms with Crippen molar-refractivity contribution in [3.05, 3.63) is 36.4 Å². The molecular weight excluding hydrogens is 322 g/mol. The van der Waals surface area contributed by atoms with Crippen LogP contribution in [0.15, 0.2) is 41.3 Å². The van der Waals surface area contributed by atoms with Crippen molar-refractivity contribution in [2.75, 3.05) is 32.1 Å². The van der Waals surface area contributed by atoms with Gasteiger partial charge < -0.3 is 10.6 Å². The van der Waals surface area contributed by atoms with Gasteiger partial charge in [-0.25, -0.2) is 13.1 Å². The number of unbranched alkanes of at least 4 members (excludes halogenated alkanes) is 3. The molecule has 0 aliphatic heterocycles. The Morgan fingerprint density at radius 2 is 1.62 bits per heavy atom. The van der Waals surface area contributed by atoms with Crippen LogP contribution in [0.3, 0.4) is 0 Å². The van der Waals surface area contributed by atoms with Gasteiger partial charge in [0, 0.05) is 37.1 Å². The number of rotatable bonds is 9. The number of hydrogen-bond acceptors (Lipinski definition) is 4. The van der Waals surface area contributed by atoms with Gasteiger partial charge in [-0.1, -0.05) is 37.1 Å². The number of fused-ring (bicyclic) bond motifs is 1. The van der Waals surface area contributed by atoms with E-state index in [0.29, 0.717) is 18.0 Å². The highest BCUT2D eigenvalue weighted by Crippen LogP contribution is 2.30. The predicted octanol–water partition coefficient (Wildman–Crippen LogP) is 2.70. The average molecular weight is 350 g/mol. The molecule has 0 aromatic heterocycles. The van der Waals surface area contributed by atoms with E-state index in [4.69, 9.17) is 5.73 Å². The Morgan fingerprint density at radius 1 is 0.958 bits per heavy atom. The molecule has 0 amide bonds. The fraction of sp³-hybridized carbons (Fsp3) is 0.444. The average Bonchev–Trinajstić information content (AvgIpc) is 2.56. The van der Waals surface area contributed by atoms with E-state index < -0.39 is 10.0 Å². The molecule has 0 saturated carbocycles. The van der Waals surface area contributed by atoms with Crippen molar-refractivity contribution in [3.8, 4) is 0 Å². The molecule has 24 heavy (non-hydrogen) atoms. The SMILES string of the molecule is CN(C)c1cccc2c(S(=O)(=O)NCCCCCCN)cccc12. The zero-order valence-corrected chi connectivity index (χ0v) is 15.3. The molecule has 132 valence electrons. The number of nitrogens with zero attached hydrogens (tertiary/aromatic N) is 1. The molecule has 0 fully saturated rings. The number of benzene rings is 2. The van der Waals surface area contributed by atoms with Gasteiger partial charge in [0.05, 0.1) is 4.90 Å².